The molecule has 1 rings (SSSR count). The van der Waals surface area contributed by atoms with Crippen LogP contribution in [0.4, 0.5) is 0 Å². The number of benzene rings is 1. The van der Waals surface area contributed by atoms with Crippen LogP contribution < -0.4 is 15.2 Å². The highest BCUT2D eigenvalue weighted by molar-refractivity contribution is 5.68. The van der Waals surface area contributed by atoms with Gasteiger partial charge in [-0.1, -0.05) is 6.07 Å². The Kier molecular flexibility index (Phi) is 10.6. The lowest BCUT2D eigenvalue weighted by atomic mass is 10.0. The molecule has 0 saturated heterocycles. The predicted molar refractivity (Wildman–Crippen MR) is 91.2 cm³/mol. The van der Waals surface area contributed by atoms with E-state index in [9.17, 15) is 4.79 Å². The quantitative estimate of drug-likeness (QED) is 0.479. The molecule has 3 N–H and O–H groups in total. The Labute approximate surface area is 147 Å². The molecule has 142 valence electrons. The van der Waals surface area contributed by atoms with E-state index in [2.05, 4.69) is 0 Å². The van der Waals surface area contributed by atoms with Gasteiger partial charge in [0, 0.05) is 13.2 Å². The first-order valence-corrected chi connectivity index (χ1v) is 8.01. The maximum atomic E-state index is 10.7. The van der Waals surface area contributed by atoms with Crippen LogP contribution >= 0.6 is 0 Å². The summed E-state index contributed by atoms with van der Waals surface area (Å²) in [6, 6.07) is 4.54. The van der Waals surface area contributed by atoms with E-state index < -0.39 is 12.0 Å². The van der Waals surface area contributed by atoms with Crippen molar-refractivity contribution in [2.24, 2.45) is 5.73 Å². The second-order valence-electron chi connectivity index (χ2n) is 5.18. The summed E-state index contributed by atoms with van der Waals surface area (Å²) in [5.74, 6) is 0.102. The monoisotopic (exact) mass is 357 g/mol. The van der Waals surface area contributed by atoms with Crippen molar-refractivity contribution >= 4 is 5.97 Å². The normalized spacial score (nSPS) is 12.0. The van der Waals surface area contributed by atoms with E-state index in [0.29, 0.717) is 56.7 Å². The maximum Gasteiger partial charge on any atom is 0.305 e. The largest absolute Gasteiger partial charge is 0.493 e. The standard InChI is InChI=1S/C17H27NO7/c1-21-5-6-23-7-8-24-9-10-25-15-4-3-13(11-16(15)22-2)14(18)12-17(19)20/h3-4,11,14H,5-10,12,18H2,1-2H3,(H,19,20)/t14-/m1/s1. The molecule has 0 bridgehead atoms. The average molecular weight is 357 g/mol. The van der Waals surface area contributed by atoms with Gasteiger partial charge in [0.1, 0.15) is 6.61 Å². The van der Waals surface area contributed by atoms with Crippen LogP contribution in [-0.4, -0.2) is 64.9 Å². The molecule has 1 atom stereocenters. The summed E-state index contributed by atoms with van der Waals surface area (Å²) in [5, 5.41) is 8.81. The zero-order chi connectivity index (χ0) is 18.5. The Bertz CT molecular complexity index is 510. The number of carboxylic acid groups (broad SMARTS) is 1. The van der Waals surface area contributed by atoms with E-state index in [1.165, 1.54) is 7.11 Å². The molecule has 0 saturated carbocycles. The summed E-state index contributed by atoms with van der Waals surface area (Å²) in [5.41, 5.74) is 6.53. The lowest BCUT2D eigenvalue weighted by molar-refractivity contribution is -0.137. The third-order valence-corrected chi connectivity index (χ3v) is 3.30. The zero-order valence-corrected chi connectivity index (χ0v) is 14.7. The van der Waals surface area contributed by atoms with Gasteiger partial charge in [0.2, 0.25) is 0 Å². The Balaban J connectivity index is 2.34. The highest BCUT2D eigenvalue weighted by atomic mass is 16.6. The van der Waals surface area contributed by atoms with Crippen LogP contribution in [0.1, 0.15) is 18.0 Å². The van der Waals surface area contributed by atoms with E-state index >= 15 is 0 Å². The Morgan fingerprint density at radius 3 is 2.28 bits per heavy atom. The number of aliphatic carboxylic acids is 1. The first-order chi connectivity index (χ1) is 12.1. The maximum absolute atomic E-state index is 10.7. The van der Waals surface area contributed by atoms with Crippen molar-refractivity contribution in [2.45, 2.75) is 12.5 Å². The van der Waals surface area contributed by atoms with Crippen molar-refractivity contribution in [3.05, 3.63) is 23.8 Å². The van der Waals surface area contributed by atoms with Crippen LogP contribution in [-0.2, 0) is 19.0 Å². The van der Waals surface area contributed by atoms with Gasteiger partial charge in [0.15, 0.2) is 11.5 Å². The van der Waals surface area contributed by atoms with Crippen LogP contribution in [0.2, 0.25) is 0 Å². The number of carbonyl (C=O) groups is 1. The van der Waals surface area contributed by atoms with Gasteiger partial charge < -0.3 is 34.5 Å². The molecular weight excluding hydrogens is 330 g/mol. The fourth-order valence-electron chi connectivity index (χ4n) is 2.01. The van der Waals surface area contributed by atoms with Gasteiger partial charge >= 0.3 is 5.97 Å². The summed E-state index contributed by atoms with van der Waals surface area (Å²) in [7, 11) is 3.14. The van der Waals surface area contributed by atoms with Gasteiger partial charge in [-0.15, -0.1) is 0 Å². The number of ether oxygens (including phenoxy) is 5. The molecule has 0 aliphatic carbocycles. The summed E-state index contributed by atoms with van der Waals surface area (Å²) in [6.45, 7) is 2.86. The first kappa shape index (κ1) is 21.2. The van der Waals surface area contributed by atoms with E-state index in [0.717, 1.165) is 0 Å². The molecule has 25 heavy (non-hydrogen) atoms. The number of nitrogens with two attached hydrogens (primary N) is 1. The lowest BCUT2D eigenvalue weighted by Crippen LogP contribution is -2.15. The van der Waals surface area contributed by atoms with Crippen LogP contribution in [0.3, 0.4) is 0 Å². The summed E-state index contributed by atoms with van der Waals surface area (Å²) in [4.78, 5) is 10.7. The highest BCUT2D eigenvalue weighted by Gasteiger charge is 2.14. The molecule has 0 aromatic heterocycles. The van der Waals surface area contributed by atoms with Crippen molar-refractivity contribution in [3.8, 4) is 11.5 Å². The van der Waals surface area contributed by atoms with Crippen molar-refractivity contribution in [1.29, 1.82) is 0 Å². The fourth-order valence-corrected chi connectivity index (χ4v) is 2.01. The molecule has 0 spiro atoms. The minimum Gasteiger partial charge on any atom is -0.493 e. The number of hydrogen-bond donors (Lipinski definition) is 2. The van der Waals surface area contributed by atoms with E-state index in [-0.39, 0.29) is 6.42 Å². The molecule has 0 aliphatic heterocycles. The molecular formula is C17H27NO7. The lowest BCUT2D eigenvalue weighted by Gasteiger charge is -2.15. The minimum absolute atomic E-state index is 0.149. The third kappa shape index (κ3) is 8.69. The van der Waals surface area contributed by atoms with Gasteiger partial charge in [0.05, 0.1) is 46.6 Å². The first-order valence-electron chi connectivity index (χ1n) is 8.01. The summed E-state index contributed by atoms with van der Waals surface area (Å²) in [6.07, 6.45) is -0.149. The Morgan fingerprint density at radius 2 is 1.68 bits per heavy atom. The van der Waals surface area contributed by atoms with Gasteiger partial charge in [-0.2, -0.15) is 0 Å². The topological polar surface area (TPSA) is 109 Å². The third-order valence-electron chi connectivity index (χ3n) is 3.30. The smallest absolute Gasteiger partial charge is 0.305 e. The molecule has 0 amide bonds. The molecule has 0 heterocycles. The van der Waals surface area contributed by atoms with Crippen LogP contribution in [0.15, 0.2) is 18.2 Å². The molecule has 1 aromatic carbocycles. The second-order valence-corrected chi connectivity index (χ2v) is 5.18. The molecule has 0 unspecified atom stereocenters. The van der Waals surface area contributed by atoms with E-state index in [1.807, 2.05) is 0 Å². The van der Waals surface area contributed by atoms with Crippen LogP contribution in [0.5, 0.6) is 11.5 Å². The summed E-state index contributed by atoms with van der Waals surface area (Å²) >= 11 is 0. The van der Waals surface area contributed by atoms with Crippen LogP contribution in [0.25, 0.3) is 0 Å². The van der Waals surface area contributed by atoms with Crippen molar-refractivity contribution in [2.75, 3.05) is 53.9 Å². The number of carboxylic acids is 1. The van der Waals surface area contributed by atoms with Gasteiger partial charge in [-0.05, 0) is 17.7 Å². The molecule has 0 aliphatic rings. The van der Waals surface area contributed by atoms with Crippen molar-refractivity contribution in [3.63, 3.8) is 0 Å². The molecule has 1 aromatic rings. The molecule has 8 heteroatoms. The molecule has 8 nitrogen and oxygen atoms in total. The van der Waals surface area contributed by atoms with Crippen LogP contribution in [0, 0.1) is 0 Å². The van der Waals surface area contributed by atoms with Gasteiger partial charge in [-0.3, -0.25) is 4.79 Å². The SMILES string of the molecule is COCCOCCOCCOc1ccc([C@H](N)CC(=O)O)cc1OC. The van der Waals surface area contributed by atoms with Crippen molar-refractivity contribution in [1.82, 2.24) is 0 Å². The van der Waals surface area contributed by atoms with E-state index in [1.54, 1.807) is 25.3 Å². The highest BCUT2D eigenvalue weighted by Crippen LogP contribution is 2.30. The van der Waals surface area contributed by atoms with Crippen molar-refractivity contribution < 1.29 is 33.6 Å². The number of methoxy groups -OCH3 is 2. The number of hydrogen-bond acceptors (Lipinski definition) is 7. The Hall–Kier alpha value is -1.87. The number of rotatable bonds is 14. The average Bonchev–Trinajstić information content (AvgIpc) is 2.59. The minimum atomic E-state index is -0.949. The van der Waals surface area contributed by atoms with E-state index in [4.69, 9.17) is 34.5 Å². The molecule has 0 radical (unpaired) electrons. The van der Waals surface area contributed by atoms with Gasteiger partial charge in [0.25, 0.3) is 0 Å². The Morgan fingerprint density at radius 1 is 1.04 bits per heavy atom. The second kappa shape index (κ2) is 12.5. The predicted octanol–water partition coefficient (Wildman–Crippen LogP) is 1.23. The zero-order valence-electron chi connectivity index (χ0n) is 14.7. The fraction of sp³-hybridized carbons (Fsp3) is 0.588. The molecule has 0 fully saturated rings. The summed E-state index contributed by atoms with van der Waals surface area (Å²) < 4.78 is 26.4. The van der Waals surface area contributed by atoms with Gasteiger partial charge in [-0.25, -0.2) is 0 Å².